The molecule has 0 aliphatic heterocycles. The zero-order chi connectivity index (χ0) is 18.4. The van der Waals surface area contributed by atoms with E-state index >= 15 is 0 Å². The Hall–Kier alpha value is -2.01. The SMILES string of the molecule is CCc1ccc(NC(=S)Nc2ccccc2Sc2ccc(Cl)cc2)cc1. The number of benzene rings is 3. The second-order valence-electron chi connectivity index (χ2n) is 5.68. The third-order valence-electron chi connectivity index (χ3n) is 3.80. The van der Waals surface area contributed by atoms with E-state index in [1.54, 1.807) is 11.8 Å². The number of anilines is 2. The van der Waals surface area contributed by atoms with Crippen LogP contribution >= 0.6 is 35.6 Å². The highest BCUT2D eigenvalue weighted by Crippen LogP contribution is 2.34. The molecule has 0 spiro atoms. The molecular weight excluding hydrogens is 380 g/mol. The maximum absolute atomic E-state index is 5.96. The Morgan fingerprint density at radius 3 is 2.31 bits per heavy atom. The van der Waals surface area contributed by atoms with Gasteiger partial charge < -0.3 is 10.6 Å². The Morgan fingerprint density at radius 2 is 1.62 bits per heavy atom. The first-order valence-electron chi connectivity index (χ1n) is 8.33. The van der Waals surface area contributed by atoms with E-state index in [0.29, 0.717) is 5.11 Å². The molecule has 2 N–H and O–H groups in total. The summed E-state index contributed by atoms with van der Waals surface area (Å²) in [6.45, 7) is 2.14. The van der Waals surface area contributed by atoms with Crippen LogP contribution in [0.3, 0.4) is 0 Å². The summed E-state index contributed by atoms with van der Waals surface area (Å²) in [6.07, 6.45) is 1.03. The molecule has 0 fully saturated rings. The molecule has 0 aliphatic rings. The van der Waals surface area contributed by atoms with Crippen LogP contribution in [0.5, 0.6) is 0 Å². The lowest BCUT2D eigenvalue weighted by Gasteiger charge is -2.14. The van der Waals surface area contributed by atoms with Crippen LogP contribution in [0, 0.1) is 0 Å². The molecule has 2 nitrogen and oxygen atoms in total. The first-order chi connectivity index (χ1) is 12.6. The Labute approximate surface area is 169 Å². The number of para-hydroxylation sites is 1. The van der Waals surface area contributed by atoms with Crippen LogP contribution in [0.4, 0.5) is 11.4 Å². The number of nitrogens with one attached hydrogen (secondary N) is 2. The quantitative estimate of drug-likeness (QED) is 0.458. The van der Waals surface area contributed by atoms with E-state index in [4.69, 9.17) is 23.8 Å². The van der Waals surface area contributed by atoms with Gasteiger partial charge >= 0.3 is 0 Å². The van der Waals surface area contributed by atoms with Gasteiger partial charge in [-0.15, -0.1) is 0 Å². The van der Waals surface area contributed by atoms with E-state index in [0.717, 1.165) is 32.6 Å². The smallest absolute Gasteiger partial charge is 0.175 e. The van der Waals surface area contributed by atoms with Crippen LogP contribution in [0.15, 0.2) is 82.6 Å². The second-order valence-corrected chi connectivity index (χ2v) is 7.64. The summed E-state index contributed by atoms with van der Waals surface area (Å²) in [7, 11) is 0. The first kappa shape index (κ1) is 18.8. The van der Waals surface area contributed by atoms with Crippen LogP contribution in [0.2, 0.25) is 5.02 Å². The molecule has 0 bridgehead atoms. The number of aryl methyl sites for hydroxylation is 1. The van der Waals surface area contributed by atoms with Crippen molar-refractivity contribution in [3.05, 3.63) is 83.4 Å². The largest absolute Gasteiger partial charge is 0.332 e. The lowest BCUT2D eigenvalue weighted by molar-refractivity contribution is 1.14. The van der Waals surface area contributed by atoms with Crippen molar-refractivity contribution in [1.82, 2.24) is 0 Å². The van der Waals surface area contributed by atoms with Crippen molar-refractivity contribution in [2.24, 2.45) is 0 Å². The molecule has 3 aromatic rings. The average molecular weight is 399 g/mol. The number of halogens is 1. The van der Waals surface area contributed by atoms with Gasteiger partial charge in [-0.1, -0.05) is 54.6 Å². The van der Waals surface area contributed by atoms with Gasteiger partial charge in [-0.3, -0.25) is 0 Å². The minimum atomic E-state index is 0.568. The van der Waals surface area contributed by atoms with Crippen LogP contribution in [-0.4, -0.2) is 5.11 Å². The highest BCUT2D eigenvalue weighted by atomic mass is 35.5. The molecule has 0 aliphatic carbocycles. The molecule has 0 amide bonds. The van der Waals surface area contributed by atoms with E-state index in [-0.39, 0.29) is 0 Å². The molecule has 3 rings (SSSR count). The molecule has 132 valence electrons. The standard InChI is InChI=1S/C21H19ClN2S2/c1-2-15-7-11-17(12-8-15)23-21(25)24-19-5-3-4-6-20(19)26-18-13-9-16(22)10-14-18/h3-14H,2H2,1H3,(H2,23,24,25). The number of thiocarbonyl (C=S) groups is 1. The van der Waals surface area contributed by atoms with E-state index in [2.05, 4.69) is 35.8 Å². The molecule has 0 saturated heterocycles. The van der Waals surface area contributed by atoms with E-state index in [1.165, 1.54) is 5.56 Å². The van der Waals surface area contributed by atoms with Crippen molar-refractivity contribution < 1.29 is 0 Å². The minimum absolute atomic E-state index is 0.568. The molecule has 0 saturated carbocycles. The van der Waals surface area contributed by atoms with Crippen LogP contribution in [0.25, 0.3) is 0 Å². The summed E-state index contributed by atoms with van der Waals surface area (Å²) in [6, 6.07) is 24.2. The van der Waals surface area contributed by atoms with Gasteiger partial charge in [0.2, 0.25) is 0 Å². The van der Waals surface area contributed by atoms with Gasteiger partial charge in [-0.25, -0.2) is 0 Å². The third kappa shape index (κ3) is 5.24. The molecule has 3 aromatic carbocycles. The summed E-state index contributed by atoms with van der Waals surface area (Å²) in [5.41, 5.74) is 3.25. The fourth-order valence-electron chi connectivity index (χ4n) is 2.40. The van der Waals surface area contributed by atoms with Crippen molar-refractivity contribution in [3.8, 4) is 0 Å². The molecule has 0 radical (unpaired) electrons. The number of rotatable bonds is 5. The van der Waals surface area contributed by atoms with Crippen LogP contribution < -0.4 is 10.6 Å². The van der Waals surface area contributed by atoms with Crippen molar-refractivity contribution in [2.75, 3.05) is 10.6 Å². The molecule has 0 atom stereocenters. The lowest BCUT2D eigenvalue weighted by atomic mass is 10.1. The number of hydrogen-bond acceptors (Lipinski definition) is 2. The maximum atomic E-state index is 5.96. The average Bonchev–Trinajstić information content (AvgIpc) is 2.66. The van der Waals surface area contributed by atoms with Crippen molar-refractivity contribution >= 4 is 52.1 Å². The zero-order valence-corrected chi connectivity index (χ0v) is 16.7. The van der Waals surface area contributed by atoms with Gasteiger partial charge in [-0.2, -0.15) is 0 Å². The second kappa shape index (κ2) is 9.08. The normalized spacial score (nSPS) is 10.4. The van der Waals surface area contributed by atoms with E-state index < -0.39 is 0 Å². The molecule has 26 heavy (non-hydrogen) atoms. The molecule has 0 aromatic heterocycles. The van der Waals surface area contributed by atoms with E-state index in [9.17, 15) is 0 Å². The highest BCUT2D eigenvalue weighted by molar-refractivity contribution is 7.99. The Bertz CT molecular complexity index is 877. The fraction of sp³-hybridized carbons (Fsp3) is 0.0952. The molecule has 0 heterocycles. The molecule has 0 unspecified atom stereocenters. The van der Waals surface area contributed by atoms with Crippen LogP contribution in [0.1, 0.15) is 12.5 Å². The number of hydrogen-bond donors (Lipinski definition) is 2. The monoisotopic (exact) mass is 398 g/mol. The Balaban J connectivity index is 1.68. The maximum Gasteiger partial charge on any atom is 0.175 e. The van der Waals surface area contributed by atoms with Crippen molar-refractivity contribution in [3.63, 3.8) is 0 Å². The van der Waals surface area contributed by atoms with Gasteiger partial charge in [0.1, 0.15) is 0 Å². The summed E-state index contributed by atoms with van der Waals surface area (Å²) < 4.78 is 0. The van der Waals surface area contributed by atoms with Gasteiger partial charge in [0.05, 0.1) is 5.69 Å². The van der Waals surface area contributed by atoms with Crippen molar-refractivity contribution in [1.29, 1.82) is 0 Å². The summed E-state index contributed by atoms with van der Waals surface area (Å²) >= 11 is 13.1. The van der Waals surface area contributed by atoms with Gasteiger partial charge in [0, 0.05) is 20.5 Å². The Kier molecular flexibility index (Phi) is 6.56. The van der Waals surface area contributed by atoms with E-state index in [1.807, 2.05) is 54.6 Å². The predicted molar refractivity (Wildman–Crippen MR) is 118 cm³/mol. The summed E-state index contributed by atoms with van der Waals surface area (Å²) in [4.78, 5) is 2.22. The Morgan fingerprint density at radius 1 is 0.923 bits per heavy atom. The molecule has 5 heteroatoms. The summed E-state index contributed by atoms with van der Waals surface area (Å²) in [5.74, 6) is 0. The zero-order valence-electron chi connectivity index (χ0n) is 14.3. The van der Waals surface area contributed by atoms with Gasteiger partial charge in [-0.05, 0) is 72.7 Å². The highest BCUT2D eigenvalue weighted by Gasteiger charge is 2.06. The molecular formula is C21H19ClN2S2. The third-order valence-corrected chi connectivity index (χ3v) is 5.34. The summed E-state index contributed by atoms with van der Waals surface area (Å²) in [5, 5.41) is 7.83. The van der Waals surface area contributed by atoms with Crippen molar-refractivity contribution in [2.45, 2.75) is 23.1 Å². The lowest BCUT2D eigenvalue weighted by Crippen LogP contribution is -2.19. The fourth-order valence-corrected chi connectivity index (χ4v) is 3.65. The minimum Gasteiger partial charge on any atom is -0.332 e. The van der Waals surface area contributed by atoms with Gasteiger partial charge in [0.15, 0.2) is 5.11 Å². The first-order valence-corrected chi connectivity index (χ1v) is 9.93. The van der Waals surface area contributed by atoms with Crippen LogP contribution in [-0.2, 0) is 6.42 Å². The predicted octanol–water partition coefficient (Wildman–Crippen LogP) is 6.86. The topological polar surface area (TPSA) is 24.1 Å². The van der Waals surface area contributed by atoms with Gasteiger partial charge in [0.25, 0.3) is 0 Å².